The first-order valence-electron chi connectivity index (χ1n) is 4.73. The summed E-state index contributed by atoms with van der Waals surface area (Å²) in [5, 5.41) is 5.82. The number of hydrogen-bond acceptors (Lipinski definition) is 3. The van der Waals surface area contributed by atoms with Crippen LogP contribution in [0, 0.1) is 0 Å². The molecule has 2 heterocycles. The van der Waals surface area contributed by atoms with Gasteiger partial charge in [0, 0.05) is 22.7 Å². The first-order valence-corrected chi connectivity index (χ1v) is 6.77. The molecule has 0 aliphatic carbocycles. The minimum Gasteiger partial charge on any atom is -0.306 e. The van der Waals surface area contributed by atoms with Crippen molar-refractivity contribution in [2.24, 2.45) is 0 Å². The lowest BCUT2D eigenvalue weighted by Crippen LogP contribution is -2.30. The molecule has 13 heavy (non-hydrogen) atoms. The highest BCUT2D eigenvalue weighted by Gasteiger charge is 2.17. The second-order valence-corrected chi connectivity index (χ2v) is 5.59. The van der Waals surface area contributed by atoms with Gasteiger partial charge in [0.1, 0.15) is 0 Å². The van der Waals surface area contributed by atoms with E-state index in [9.17, 15) is 0 Å². The fourth-order valence-corrected chi connectivity index (χ4v) is 3.55. The van der Waals surface area contributed by atoms with Crippen LogP contribution < -0.4 is 5.32 Å². The molecule has 1 unspecified atom stereocenters. The van der Waals surface area contributed by atoms with Crippen molar-refractivity contribution in [2.75, 3.05) is 11.5 Å². The van der Waals surface area contributed by atoms with E-state index in [1.54, 1.807) is 0 Å². The molecule has 0 bridgehead atoms. The second-order valence-electron chi connectivity index (χ2n) is 3.46. The molecule has 1 aromatic rings. The Hall–Kier alpha value is 0.01000. The van der Waals surface area contributed by atoms with Gasteiger partial charge in [0.2, 0.25) is 0 Å². The van der Waals surface area contributed by atoms with Crippen molar-refractivity contribution in [3.05, 3.63) is 22.4 Å². The van der Waals surface area contributed by atoms with Gasteiger partial charge in [-0.05, 0) is 30.5 Å². The maximum absolute atomic E-state index is 3.67. The van der Waals surface area contributed by atoms with E-state index in [4.69, 9.17) is 0 Å². The van der Waals surface area contributed by atoms with Gasteiger partial charge in [0.05, 0.1) is 0 Å². The first-order chi connectivity index (χ1) is 6.36. The zero-order valence-electron chi connectivity index (χ0n) is 7.82. The molecule has 3 heteroatoms. The van der Waals surface area contributed by atoms with E-state index in [2.05, 4.69) is 41.5 Å². The molecule has 1 N–H and O–H groups in total. The van der Waals surface area contributed by atoms with Gasteiger partial charge >= 0.3 is 0 Å². The lowest BCUT2D eigenvalue weighted by Gasteiger charge is -2.17. The van der Waals surface area contributed by atoms with Crippen molar-refractivity contribution in [1.29, 1.82) is 0 Å². The largest absolute Gasteiger partial charge is 0.306 e. The molecule has 0 spiro atoms. The smallest absolute Gasteiger partial charge is 0.0388 e. The summed E-state index contributed by atoms with van der Waals surface area (Å²) in [7, 11) is 0. The quantitative estimate of drug-likeness (QED) is 0.828. The molecule has 1 fully saturated rings. The molecule has 0 radical (unpaired) electrons. The van der Waals surface area contributed by atoms with Crippen LogP contribution in [0.25, 0.3) is 0 Å². The van der Waals surface area contributed by atoms with Gasteiger partial charge in [0.25, 0.3) is 0 Å². The van der Waals surface area contributed by atoms with E-state index >= 15 is 0 Å². The maximum atomic E-state index is 3.67. The zero-order chi connectivity index (χ0) is 9.10. The predicted octanol–water partition coefficient (Wildman–Crippen LogP) is 2.90. The number of rotatable bonds is 3. The summed E-state index contributed by atoms with van der Waals surface area (Å²) in [5.41, 5.74) is 0. The van der Waals surface area contributed by atoms with E-state index in [-0.39, 0.29) is 0 Å². The van der Waals surface area contributed by atoms with Crippen LogP contribution in [0.4, 0.5) is 0 Å². The van der Waals surface area contributed by atoms with E-state index < -0.39 is 0 Å². The first kappa shape index (κ1) is 9.56. The van der Waals surface area contributed by atoms with Crippen LogP contribution in [0.3, 0.4) is 0 Å². The molecule has 0 amide bonds. The van der Waals surface area contributed by atoms with Crippen molar-refractivity contribution < 1.29 is 0 Å². The maximum Gasteiger partial charge on any atom is 0.0388 e. The molecular weight excluding hydrogens is 198 g/mol. The van der Waals surface area contributed by atoms with Crippen molar-refractivity contribution in [1.82, 2.24) is 5.32 Å². The van der Waals surface area contributed by atoms with Gasteiger partial charge in [-0.2, -0.15) is 11.8 Å². The van der Waals surface area contributed by atoms with Gasteiger partial charge in [-0.3, -0.25) is 0 Å². The van der Waals surface area contributed by atoms with E-state index in [1.165, 1.54) is 22.8 Å². The van der Waals surface area contributed by atoms with E-state index in [1.807, 2.05) is 11.3 Å². The Morgan fingerprint density at radius 3 is 3.15 bits per heavy atom. The highest BCUT2D eigenvalue weighted by atomic mass is 32.2. The SMILES string of the molecule is C[C@@H](NC1CCSC1)c1cccs1. The number of nitrogens with one attached hydrogen (secondary N) is 1. The Bertz CT molecular complexity index is 239. The summed E-state index contributed by atoms with van der Waals surface area (Å²) in [6, 6.07) is 5.61. The van der Waals surface area contributed by atoms with E-state index in [0.29, 0.717) is 6.04 Å². The molecule has 2 rings (SSSR count). The van der Waals surface area contributed by atoms with Crippen molar-refractivity contribution in [2.45, 2.75) is 25.4 Å². The molecule has 72 valence electrons. The lowest BCUT2D eigenvalue weighted by atomic mass is 10.2. The highest BCUT2D eigenvalue weighted by molar-refractivity contribution is 7.99. The third-order valence-electron chi connectivity index (χ3n) is 2.39. The Morgan fingerprint density at radius 1 is 1.62 bits per heavy atom. The minimum absolute atomic E-state index is 0.531. The Kier molecular flexibility index (Phi) is 3.30. The third kappa shape index (κ3) is 2.48. The Labute approximate surface area is 87.9 Å². The normalized spacial score (nSPS) is 24.8. The summed E-state index contributed by atoms with van der Waals surface area (Å²) in [4.78, 5) is 1.46. The molecule has 1 saturated heterocycles. The summed E-state index contributed by atoms with van der Waals surface area (Å²) in [5.74, 6) is 2.62. The zero-order valence-corrected chi connectivity index (χ0v) is 9.46. The van der Waals surface area contributed by atoms with Gasteiger partial charge < -0.3 is 5.32 Å². The molecule has 0 aromatic carbocycles. The molecule has 2 atom stereocenters. The van der Waals surface area contributed by atoms with Gasteiger partial charge in [0.15, 0.2) is 0 Å². The minimum atomic E-state index is 0.531. The van der Waals surface area contributed by atoms with Crippen LogP contribution in [0.15, 0.2) is 17.5 Å². The standard InChI is InChI=1S/C10H15NS2/c1-8(10-3-2-5-13-10)11-9-4-6-12-7-9/h2-3,5,8-9,11H,4,6-7H2,1H3/t8-,9?/m1/s1. The van der Waals surface area contributed by atoms with Gasteiger partial charge in [-0.25, -0.2) is 0 Å². The average Bonchev–Trinajstić information content (AvgIpc) is 2.74. The van der Waals surface area contributed by atoms with Crippen LogP contribution in [0.2, 0.25) is 0 Å². The number of hydrogen-bond donors (Lipinski definition) is 1. The summed E-state index contributed by atoms with van der Waals surface area (Å²) in [6.07, 6.45) is 1.33. The van der Waals surface area contributed by atoms with Crippen molar-refractivity contribution in [3.63, 3.8) is 0 Å². The molecular formula is C10H15NS2. The summed E-state index contributed by atoms with van der Waals surface area (Å²) in [6.45, 7) is 2.26. The average molecular weight is 213 g/mol. The van der Waals surface area contributed by atoms with E-state index in [0.717, 1.165) is 6.04 Å². The predicted molar refractivity (Wildman–Crippen MR) is 61.6 cm³/mol. The van der Waals surface area contributed by atoms with Crippen LogP contribution >= 0.6 is 23.1 Å². The lowest BCUT2D eigenvalue weighted by molar-refractivity contribution is 0.491. The Morgan fingerprint density at radius 2 is 2.54 bits per heavy atom. The second kappa shape index (κ2) is 4.49. The third-order valence-corrected chi connectivity index (χ3v) is 4.60. The van der Waals surface area contributed by atoms with Gasteiger partial charge in [-0.15, -0.1) is 11.3 Å². The number of thioether (sulfide) groups is 1. The van der Waals surface area contributed by atoms with Crippen LogP contribution in [0.1, 0.15) is 24.3 Å². The molecule has 1 aliphatic rings. The van der Waals surface area contributed by atoms with Crippen molar-refractivity contribution in [3.8, 4) is 0 Å². The molecule has 1 aliphatic heterocycles. The Balaban J connectivity index is 1.87. The topological polar surface area (TPSA) is 12.0 Å². The molecule has 0 saturated carbocycles. The fourth-order valence-electron chi connectivity index (χ4n) is 1.64. The summed E-state index contributed by atoms with van der Waals surface area (Å²) >= 11 is 3.91. The molecule has 1 nitrogen and oxygen atoms in total. The van der Waals surface area contributed by atoms with Crippen molar-refractivity contribution >= 4 is 23.1 Å². The van der Waals surface area contributed by atoms with Crippen LogP contribution in [-0.2, 0) is 0 Å². The number of thiophene rings is 1. The fraction of sp³-hybridized carbons (Fsp3) is 0.600. The summed E-state index contributed by atoms with van der Waals surface area (Å²) < 4.78 is 0. The highest BCUT2D eigenvalue weighted by Crippen LogP contribution is 2.23. The van der Waals surface area contributed by atoms with Gasteiger partial charge in [-0.1, -0.05) is 6.07 Å². The van der Waals surface area contributed by atoms with Crippen LogP contribution in [-0.4, -0.2) is 17.5 Å². The monoisotopic (exact) mass is 213 g/mol. The van der Waals surface area contributed by atoms with Crippen LogP contribution in [0.5, 0.6) is 0 Å². The molecule has 1 aromatic heterocycles.